The molecule has 2 nitrogen and oxygen atoms in total. The molecule has 0 aromatic heterocycles. The average Bonchev–Trinajstić information content (AvgIpc) is 2.78. The highest BCUT2D eigenvalue weighted by Crippen LogP contribution is 2.49. The van der Waals surface area contributed by atoms with Crippen LogP contribution in [0.2, 0.25) is 0 Å². The van der Waals surface area contributed by atoms with Gasteiger partial charge in [-0.2, -0.15) is 0 Å². The molecule has 0 spiro atoms. The number of nitrogens with two attached hydrogens (primary N) is 1. The number of anilines is 1. The fraction of sp³-hybridized carbons (Fsp3) is 0.571. The summed E-state index contributed by atoms with van der Waals surface area (Å²) in [4.78, 5) is 3.97. The van der Waals surface area contributed by atoms with Crippen molar-refractivity contribution in [1.82, 2.24) is 0 Å². The molecule has 1 fully saturated rings. The highest BCUT2D eigenvalue weighted by atomic mass is 32.2. The highest BCUT2D eigenvalue weighted by molar-refractivity contribution is 8.16. The number of thioether (sulfide) groups is 1. The fourth-order valence-electron chi connectivity index (χ4n) is 3.19. The molecule has 0 amide bonds. The largest absolute Gasteiger partial charge is 0.345 e. The molecule has 1 aliphatic carbocycles. The summed E-state index contributed by atoms with van der Waals surface area (Å²) in [6.07, 6.45) is 5.42. The monoisotopic (exact) mass is 280 g/mol. The number of para-hydroxylation sites is 1. The lowest BCUT2D eigenvalue weighted by molar-refractivity contribution is 0.318. The Morgan fingerprint density at radius 3 is 2.83 bits per heavy atom. The van der Waals surface area contributed by atoms with Gasteiger partial charge in [0, 0.05) is 10.9 Å². The molecule has 1 aromatic rings. The van der Waals surface area contributed by atoms with Crippen molar-refractivity contribution in [1.29, 1.82) is 0 Å². The topological polar surface area (TPSA) is 29.3 Å². The van der Waals surface area contributed by atoms with Crippen molar-refractivity contribution in [2.45, 2.75) is 48.3 Å². The summed E-state index contributed by atoms with van der Waals surface area (Å²) in [7, 11) is 0. The smallest absolute Gasteiger partial charge is 0.141 e. The van der Waals surface area contributed by atoms with Gasteiger partial charge in [0.1, 0.15) is 4.71 Å². The first-order valence-electron chi connectivity index (χ1n) is 6.71. The first-order valence-corrected chi connectivity index (χ1v) is 8.53. The van der Waals surface area contributed by atoms with Gasteiger partial charge < -0.3 is 4.90 Å². The van der Waals surface area contributed by atoms with Crippen LogP contribution in [0.3, 0.4) is 0 Å². The second kappa shape index (κ2) is 5.35. The fourth-order valence-corrected chi connectivity index (χ4v) is 5.17. The molecule has 1 saturated carbocycles. The van der Waals surface area contributed by atoms with Crippen LogP contribution >= 0.6 is 23.7 Å². The third-order valence-electron chi connectivity index (χ3n) is 4.14. The summed E-state index contributed by atoms with van der Waals surface area (Å²) in [5.41, 5.74) is 1.39. The lowest BCUT2D eigenvalue weighted by Gasteiger charge is -2.40. The zero-order valence-electron chi connectivity index (χ0n) is 10.7. The first kappa shape index (κ1) is 12.7. The number of benzene rings is 1. The Morgan fingerprint density at radius 2 is 2.06 bits per heavy atom. The number of fused-ring (bicyclic) bond motifs is 1. The number of hydrogen-bond acceptors (Lipinski definition) is 4. The molecule has 18 heavy (non-hydrogen) atoms. The maximum atomic E-state index is 5.91. The van der Waals surface area contributed by atoms with Gasteiger partial charge in [0.05, 0.1) is 5.69 Å². The molecule has 3 unspecified atom stereocenters. The lowest BCUT2D eigenvalue weighted by Crippen LogP contribution is -2.44. The molecule has 1 heterocycles. The van der Waals surface area contributed by atoms with Crippen LogP contribution in [0.25, 0.3) is 0 Å². The summed E-state index contributed by atoms with van der Waals surface area (Å²) in [5, 5.41) is 5.91. The molecule has 1 aromatic carbocycles. The van der Waals surface area contributed by atoms with Crippen LogP contribution in [0.1, 0.15) is 32.6 Å². The van der Waals surface area contributed by atoms with E-state index in [1.165, 1.54) is 48.2 Å². The van der Waals surface area contributed by atoms with Crippen LogP contribution in [-0.2, 0) is 0 Å². The van der Waals surface area contributed by atoms with Gasteiger partial charge in [-0.15, -0.1) is 0 Å². The van der Waals surface area contributed by atoms with Crippen LogP contribution in [-0.4, -0.2) is 10.7 Å². The van der Waals surface area contributed by atoms with Crippen LogP contribution < -0.4 is 10.0 Å². The van der Waals surface area contributed by atoms with Gasteiger partial charge in [0.2, 0.25) is 0 Å². The molecule has 2 N–H and O–H groups in total. The van der Waals surface area contributed by atoms with Crippen LogP contribution in [0.4, 0.5) is 5.69 Å². The predicted octanol–water partition coefficient (Wildman–Crippen LogP) is 4.07. The third-order valence-corrected chi connectivity index (χ3v) is 6.25. The number of hydrogen-bond donors (Lipinski definition) is 1. The Labute approximate surface area is 118 Å². The summed E-state index contributed by atoms with van der Waals surface area (Å²) in [6, 6.07) is 9.40. The van der Waals surface area contributed by atoms with Crippen molar-refractivity contribution in [2.24, 2.45) is 11.1 Å². The molecule has 0 bridgehead atoms. The zero-order valence-corrected chi connectivity index (χ0v) is 12.3. The van der Waals surface area contributed by atoms with Gasteiger partial charge in [0.25, 0.3) is 0 Å². The molecule has 98 valence electrons. The summed E-state index contributed by atoms with van der Waals surface area (Å²) in [6.45, 7) is 2.40. The van der Waals surface area contributed by atoms with Crippen LogP contribution in [0.15, 0.2) is 29.2 Å². The van der Waals surface area contributed by atoms with E-state index in [1.807, 2.05) is 11.8 Å². The molecule has 1 aliphatic heterocycles. The molecular weight excluding hydrogens is 260 g/mol. The Morgan fingerprint density at radius 1 is 1.28 bits per heavy atom. The Kier molecular flexibility index (Phi) is 3.78. The SMILES string of the molecule is CC1CCCCC1N1c2ccccc2SC1SN. The van der Waals surface area contributed by atoms with Gasteiger partial charge in [-0.1, -0.05) is 43.7 Å². The second-order valence-corrected chi connectivity index (χ2v) is 7.40. The second-order valence-electron chi connectivity index (χ2n) is 5.27. The Balaban J connectivity index is 1.92. The van der Waals surface area contributed by atoms with E-state index in [-0.39, 0.29) is 0 Å². The van der Waals surface area contributed by atoms with Crippen molar-refractivity contribution < 1.29 is 0 Å². The minimum atomic E-state index is 0.355. The zero-order chi connectivity index (χ0) is 12.5. The van der Waals surface area contributed by atoms with E-state index >= 15 is 0 Å². The van der Waals surface area contributed by atoms with E-state index in [4.69, 9.17) is 5.14 Å². The predicted molar refractivity (Wildman–Crippen MR) is 81.8 cm³/mol. The van der Waals surface area contributed by atoms with Gasteiger partial charge >= 0.3 is 0 Å². The number of rotatable bonds is 2. The van der Waals surface area contributed by atoms with Crippen molar-refractivity contribution in [3.63, 3.8) is 0 Å². The molecule has 3 rings (SSSR count). The standard InChI is InChI=1S/C14H20N2S2/c1-10-6-2-3-7-11(10)16-12-8-4-5-9-13(12)17-14(16)18-15/h4-5,8-11,14H,2-3,6-7,15H2,1H3. The quantitative estimate of drug-likeness (QED) is 0.827. The Hall–Kier alpha value is -0.320. The molecule has 2 aliphatic rings. The van der Waals surface area contributed by atoms with Crippen molar-refractivity contribution in [3.8, 4) is 0 Å². The molecule has 4 heteroatoms. The molecule has 0 saturated heterocycles. The highest BCUT2D eigenvalue weighted by Gasteiger charge is 2.37. The molecule has 0 radical (unpaired) electrons. The van der Waals surface area contributed by atoms with E-state index in [0.29, 0.717) is 10.7 Å². The van der Waals surface area contributed by atoms with E-state index in [2.05, 4.69) is 36.1 Å². The summed E-state index contributed by atoms with van der Waals surface area (Å²) in [5.74, 6) is 0.778. The Bertz CT molecular complexity index is 424. The van der Waals surface area contributed by atoms with E-state index in [0.717, 1.165) is 5.92 Å². The van der Waals surface area contributed by atoms with Crippen LogP contribution in [0.5, 0.6) is 0 Å². The van der Waals surface area contributed by atoms with Crippen molar-refractivity contribution in [3.05, 3.63) is 24.3 Å². The maximum absolute atomic E-state index is 5.91. The third kappa shape index (κ3) is 2.15. The lowest BCUT2D eigenvalue weighted by atomic mass is 9.85. The minimum absolute atomic E-state index is 0.355. The van der Waals surface area contributed by atoms with Gasteiger partial charge in [-0.05, 0) is 42.8 Å². The molecule has 3 atom stereocenters. The average molecular weight is 280 g/mol. The normalized spacial score (nSPS) is 31.4. The van der Waals surface area contributed by atoms with Crippen molar-refractivity contribution in [2.75, 3.05) is 4.90 Å². The summed E-state index contributed by atoms with van der Waals surface area (Å²) >= 11 is 3.39. The molecular formula is C14H20N2S2. The summed E-state index contributed by atoms with van der Waals surface area (Å²) < 4.78 is 0.355. The minimum Gasteiger partial charge on any atom is -0.345 e. The van der Waals surface area contributed by atoms with Crippen LogP contribution in [0, 0.1) is 5.92 Å². The van der Waals surface area contributed by atoms with Crippen molar-refractivity contribution >= 4 is 29.4 Å². The maximum Gasteiger partial charge on any atom is 0.141 e. The van der Waals surface area contributed by atoms with E-state index < -0.39 is 0 Å². The van der Waals surface area contributed by atoms with Gasteiger partial charge in [-0.3, -0.25) is 5.14 Å². The van der Waals surface area contributed by atoms with Gasteiger partial charge in [0.15, 0.2) is 0 Å². The number of nitrogens with zero attached hydrogens (tertiary/aromatic N) is 1. The van der Waals surface area contributed by atoms with E-state index in [1.54, 1.807) is 0 Å². The first-order chi connectivity index (χ1) is 8.81. The van der Waals surface area contributed by atoms with E-state index in [9.17, 15) is 0 Å². The van der Waals surface area contributed by atoms with Gasteiger partial charge in [-0.25, -0.2) is 0 Å².